The normalized spacial score (nSPS) is 16.9. The summed E-state index contributed by atoms with van der Waals surface area (Å²) < 4.78 is 25.7. The molecule has 6 nitrogen and oxygen atoms in total. The number of hydrogen-bond donors (Lipinski definition) is 1. The van der Waals surface area contributed by atoms with Crippen molar-refractivity contribution in [3.05, 3.63) is 0 Å². The predicted octanol–water partition coefficient (Wildman–Crippen LogP) is 1.52. The minimum absolute atomic E-state index is 0.194. The van der Waals surface area contributed by atoms with Gasteiger partial charge in [0, 0.05) is 25.9 Å². The minimum atomic E-state index is -3.38. The lowest BCUT2D eigenvalue weighted by molar-refractivity contribution is 0.485. The molecule has 7 heteroatoms. The van der Waals surface area contributed by atoms with Gasteiger partial charge in [0.1, 0.15) is 5.82 Å². The highest BCUT2D eigenvalue weighted by atomic mass is 32.2. The van der Waals surface area contributed by atoms with Gasteiger partial charge in [-0.3, -0.25) is 0 Å². The fraction of sp³-hybridized carbons (Fsp3) is 0.769. The highest BCUT2D eigenvalue weighted by Crippen LogP contribution is 2.32. The van der Waals surface area contributed by atoms with Gasteiger partial charge in [0.2, 0.25) is 0 Å². The average molecular weight is 300 g/mol. The summed E-state index contributed by atoms with van der Waals surface area (Å²) in [7, 11) is -3.38. The third-order valence-corrected chi connectivity index (χ3v) is 4.63. The third-order valence-electron chi connectivity index (χ3n) is 3.49. The van der Waals surface area contributed by atoms with Gasteiger partial charge in [0.25, 0.3) is 0 Å². The van der Waals surface area contributed by atoms with Gasteiger partial charge in [-0.05, 0) is 25.2 Å². The van der Waals surface area contributed by atoms with Gasteiger partial charge < -0.3 is 10.6 Å². The summed E-state index contributed by atoms with van der Waals surface area (Å²) in [6.07, 6.45) is 4.53. The number of sulfone groups is 1. The fourth-order valence-electron chi connectivity index (χ4n) is 2.60. The first-order chi connectivity index (χ1) is 9.30. The number of nitrogens with zero attached hydrogens (tertiary/aromatic N) is 3. The molecular weight excluding hydrogens is 276 g/mol. The van der Waals surface area contributed by atoms with Crippen LogP contribution in [-0.2, 0) is 16.4 Å². The van der Waals surface area contributed by atoms with E-state index in [0.717, 1.165) is 25.9 Å². The molecule has 2 N–H and O–H groups in total. The molecule has 0 atom stereocenters. The molecule has 1 aliphatic heterocycles. The Balaban J connectivity index is 2.48. The molecule has 0 spiro atoms. The van der Waals surface area contributed by atoms with E-state index in [1.807, 2.05) is 4.90 Å². The van der Waals surface area contributed by atoms with Crippen LogP contribution >= 0.6 is 0 Å². The van der Waals surface area contributed by atoms with Gasteiger partial charge in [0.05, 0.1) is 0 Å². The number of hydrogen-bond acceptors (Lipinski definition) is 5. The van der Waals surface area contributed by atoms with Crippen LogP contribution in [-0.4, -0.2) is 37.5 Å². The van der Waals surface area contributed by atoms with E-state index in [0.29, 0.717) is 18.3 Å². The lowest BCUT2D eigenvalue weighted by Crippen LogP contribution is -2.31. The number of piperidine rings is 1. The van der Waals surface area contributed by atoms with Gasteiger partial charge in [0.15, 0.2) is 20.6 Å². The average Bonchev–Trinajstić information content (AvgIpc) is 2.67. The van der Waals surface area contributed by atoms with E-state index in [4.69, 9.17) is 5.73 Å². The van der Waals surface area contributed by atoms with E-state index in [2.05, 4.69) is 18.9 Å². The molecule has 0 amide bonds. The summed E-state index contributed by atoms with van der Waals surface area (Å²) in [5, 5.41) is 4.48. The number of nitrogens with two attached hydrogens (primary N) is 1. The van der Waals surface area contributed by atoms with Crippen molar-refractivity contribution in [2.45, 2.75) is 44.6 Å². The summed E-state index contributed by atoms with van der Waals surface area (Å²) in [5.74, 6) is 1.16. The molecule has 1 aliphatic rings. The SMILES string of the molecule is CC(C)Cn1nc(N2CCCCC2)c(S(C)(=O)=O)c1N. The predicted molar refractivity (Wildman–Crippen MR) is 80.7 cm³/mol. The molecule has 2 heterocycles. The maximum atomic E-state index is 12.1. The monoisotopic (exact) mass is 300 g/mol. The minimum Gasteiger partial charge on any atom is -0.383 e. The van der Waals surface area contributed by atoms with Crippen LogP contribution in [0.2, 0.25) is 0 Å². The lowest BCUT2D eigenvalue weighted by Gasteiger charge is -2.27. The van der Waals surface area contributed by atoms with Crippen molar-refractivity contribution >= 4 is 21.5 Å². The van der Waals surface area contributed by atoms with E-state index in [-0.39, 0.29) is 10.7 Å². The van der Waals surface area contributed by atoms with Crippen LogP contribution in [0.25, 0.3) is 0 Å². The Kier molecular flexibility index (Phi) is 4.27. The second-order valence-electron chi connectivity index (χ2n) is 5.93. The van der Waals surface area contributed by atoms with Crippen molar-refractivity contribution in [3.63, 3.8) is 0 Å². The Labute approximate surface area is 120 Å². The summed E-state index contributed by atoms with van der Waals surface area (Å²) in [6.45, 7) is 6.44. The second kappa shape index (κ2) is 5.63. The topological polar surface area (TPSA) is 81.2 Å². The van der Waals surface area contributed by atoms with Crippen LogP contribution in [0.4, 0.5) is 11.6 Å². The Morgan fingerprint density at radius 1 is 1.25 bits per heavy atom. The molecular formula is C13H24N4O2S. The lowest BCUT2D eigenvalue weighted by atomic mass is 10.1. The van der Waals surface area contributed by atoms with Crippen molar-refractivity contribution < 1.29 is 8.42 Å². The number of rotatable bonds is 4. The van der Waals surface area contributed by atoms with E-state index in [9.17, 15) is 8.42 Å². The molecule has 1 saturated heterocycles. The van der Waals surface area contributed by atoms with Gasteiger partial charge in [-0.2, -0.15) is 5.10 Å². The second-order valence-corrected chi connectivity index (χ2v) is 7.89. The zero-order chi connectivity index (χ0) is 14.9. The molecule has 0 unspecified atom stereocenters. The number of nitrogen functional groups attached to an aromatic ring is 1. The Hall–Kier alpha value is -1.24. The molecule has 0 aromatic carbocycles. The Bertz CT molecular complexity index is 571. The fourth-order valence-corrected chi connectivity index (χ4v) is 3.59. The molecule has 114 valence electrons. The van der Waals surface area contributed by atoms with Crippen molar-refractivity contribution in [2.75, 3.05) is 30.0 Å². The van der Waals surface area contributed by atoms with Gasteiger partial charge in [-0.1, -0.05) is 13.8 Å². The van der Waals surface area contributed by atoms with Crippen molar-refractivity contribution in [3.8, 4) is 0 Å². The molecule has 20 heavy (non-hydrogen) atoms. The quantitative estimate of drug-likeness (QED) is 0.911. The highest BCUT2D eigenvalue weighted by molar-refractivity contribution is 7.91. The van der Waals surface area contributed by atoms with E-state index in [1.54, 1.807) is 4.68 Å². The Morgan fingerprint density at radius 3 is 2.35 bits per heavy atom. The standard InChI is InChI=1S/C13H24N4O2S/c1-10(2)9-17-12(14)11(20(3,18)19)13(15-17)16-7-5-4-6-8-16/h10H,4-9,14H2,1-3H3. The first-order valence-electron chi connectivity index (χ1n) is 7.12. The van der Waals surface area contributed by atoms with Crippen LogP contribution in [0.3, 0.4) is 0 Å². The molecule has 1 aromatic heterocycles. The first kappa shape index (κ1) is 15.2. The van der Waals surface area contributed by atoms with Crippen LogP contribution in [0, 0.1) is 5.92 Å². The first-order valence-corrected chi connectivity index (χ1v) is 9.01. The molecule has 1 aromatic rings. The number of anilines is 2. The number of aromatic nitrogens is 2. The van der Waals surface area contributed by atoms with Crippen LogP contribution in [0.15, 0.2) is 4.90 Å². The third kappa shape index (κ3) is 3.08. The van der Waals surface area contributed by atoms with Gasteiger partial charge in [-0.15, -0.1) is 0 Å². The van der Waals surface area contributed by atoms with Crippen LogP contribution in [0.5, 0.6) is 0 Å². The maximum Gasteiger partial charge on any atom is 0.182 e. The maximum absolute atomic E-state index is 12.1. The summed E-state index contributed by atoms with van der Waals surface area (Å²) >= 11 is 0. The zero-order valence-corrected chi connectivity index (χ0v) is 13.3. The van der Waals surface area contributed by atoms with E-state index in [1.165, 1.54) is 12.7 Å². The van der Waals surface area contributed by atoms with Crippen LogP contribution in [0.1, 0.15) is 33.1 Å². The summed E-state index contributed by atoms with van der Waals surface area (Å²) in [6, 6.07) is 0. The van der Waals surface area contributed by atoms with Crippen molar-refractivity contribution in [2.24, 2.45) is 5.92 Å². The summed E-state index contributed by atoms with van der Waals surface area (Å²) in [5.41, 5.74) is 6.04. The Morgan fingerprint density at radius 2 is 1.85 bits per heavy atom. The van der Waals surface area contributed by atoms with Crippen molar-refractivity contribution in [1.29, 1.82) is 0 Å². The van der Waals surface area contributed by atoms with E-state index < -0.39 is 9.84 Å². The highest BCUT2D eigenvalue weighted by Gasteiger charge is 2.28. The zero-order valence-electron chi connectivity index (χ0n) is 12.5. The summed E-state index contributed by atoms with van der Waals surface area (Å²) in [4.78, 5) is 2.24. The molecule has 0 saturated carbocycles. The van der Waals surface area contributed by atoms with Gasteiger partial charge in [-0.25, -0.2) is 13.1 Å². The van der Waals surface area contributed by atoms with Crippen molar-refractivity contribution in [1.82, 2.24) is 9.78 Å². The van der Waals surface area contributed by atoms with Gasteiger partial charge >= 0.3 is 0 Å². The smallest absolute Gasteiger partial charge is 0.182 e. The largest absolute Gasteiger partial charge is 0.383 e. The molecule has 0 bridgehead atoms. The van der Waals surface area contributed by atoms with E-state index >= 15 is 0 Å². The molecule has 0 aliphatic carbocycles. The van der Waals surface area contributed by atoms with Crippen LogP contribution < -0.4 is 10.6 Å². The molecule has 1 fully saturated rings. The molecule has 2 rings (SSSR count). The molecule has 0 radical (unpaired) electrons.